The van der Waals surface area contributed by atoms with Crippen molar-refractivity contribution in [2.45, 2.75) is 27.2 Å². The Morgan fingerprint density at radius 1 is 0.707 bits per heavy atom. The van der Waals surface area contributed by atoms with E-state index in [4.69, 9.17) is 5.73 Å². The van der Waals surface area contributed by atoms with E-state index in [2.05, 4.69) is 126 Å². The molecule has 0 fully saturated rings. The lowest BCUT2D eigenvalue weighted by molar-refractivity contribution is 1.17. The van der Waals surface area contributed by atoms with Gasteiger partial charge in [0.05, 0.1) is 22.1 Å². The van der Waals surface area contributed by atoms with Crippen molar-refractivity contribution in [2.24, 2.45) is 5.73 Å². The van der Waals surface area contributed by atoms with Gasteiger partial charge in [0.1, 0.15) is 5.84 Å². The summed E-state index contributed by atoms with van der Waals surface area (Å²) in [5.41, 5.74) is 15.5. The minimum Gasteiger partial charge on any atom is -0.402 e. The fourth-order valence-corrected chi connectivity index (χ4v) is 6.46. The number of hydrogen-bond donors (Lipinski definition) is 2. The van der Waals surface area contributed by atoms with Gasteiger partial charge in [-0.05, 0) is 68.7 Å². The summed E-state index contributed by atoms with van der Waals surface area (Å²) in [7, 11) is 0. The van der Waals surface area contributed by atoms with E-state index in [1.807, 2.05) is 13.0 Å². The molecule has 4 heteroatoms. The van der Waals surface area contributed by atoms with Crippen LogP contribution in [0.4, 0.5) is 0 Å². The highest BCUT2D eigenvalue weighted by atomic mass is 15.0. The molecule has 4 nitrogen and oxygen atoms in total. The van der Waals surface area contributed by atoms with Crippen LogP contribution in [0.1, 0.15) is 26.0 Å². The number of allylic oxidation sites excluding steroid dienone is 8. The number of hydrogen-bond acceptors (Lipinski definition) is 2. The molecule has 7 rings (SSSR count). The third-order valence-corrected chi connectivity index (χ3v) is 8.34. The lowest BCUT2D eigenvalue weighted by atomic mass is 9.97. The summed E-state index contributed by atoms with van der Waals surface area (Å²) in [5, 5.41) is 15.5. The monoisotopic (exact) mass is 532 g/mol. The van der Waals surface area contributed by atoms with E-state index in [1.54, 1.807) is 0 Å². The van der Waals surface area contributed by atoms with E-state index in [0.29, 0.717) is 11.5 Å². The molecule has 41 heavy (non-hydrogen) atoms. The molecular formula is C37H32N4. The number of nitrogens with two attached hydrogens (primary N) is 1. The quantitative estimate of drug-likeness (QED) is 0.170. The van der Waals surface area contributed by atoms with Gasteiger partial charge in [-0.15, -0.1) is 0 Å². The van der Waals surface area contributed by atoms with Crippen LogP contribution in [0.3, 0.4) is 0 Å². The van der Waals surface area contributed by atoms with Crippen LogP contribution in [-0.2, 0) is 0 Å². The highest BCUT2D eigenvalue weighted by molar-refractivity contribution is 6.20. The first-order valence-corrected chi connectivity index (χ1v) is 14.1. The summed E-state index contributed by atoms with van der Waals surface area (Å²) in [6.07, 6.45) is 9.38. The summed E-state index contributed by atoms with van der Waals surface area (Å²) in [6.45, 7) is 6.19. The van der Waals surface area contributed by atoms with E-state index in [0.717, 1.165) is 55.8 Å². The highest BCUT2D eigenvalue weighted by Crippen LogP contribution is 2.36. The summed E-state index contributed by atoms with van der Waals surface area (Å²) in [6, 6.07) is 30.1. The predicted octanol–water partition coefficient (Wildman–Crippen LogP) is 9.11. The molecule has 3 heterocycles. The van der Waals surface area contributed by atoms with Gasteiger partial charge >= 0.3 is 0 Å². The Balaban J connectivity index is 1.70. The van der Waals surface area contributed by atoms with Crippen LogP contribution >= 0.6 is 0 Å². The van der Waals surface area contributed by atoms with Gasteiger partial charge in [-0.2, -0.15) is 0 Å². The smallest absolute Gasteiger partial charge is 0.139 e. The molecule has 0 spiro atoms. The normalized spacial score (nSPS) is 14.4. The van der Waals surface area contributed by atoms with Gasteiger partial charge in [0.2, 0.25) is 0 Å². The lowest BCUT2D eigenvalue weighted by Crippen LogP contribution is -2.18. The zero-order chi connectivity index (χ0) is 28.2. The number of aromatic nitrogens is 2. The lowest BCUT2D eigenvalue weighted by Gasteiger charge is -2.17. The maximum absolute atomic E-state index is 9.76. The van der Waals surface area contributed by atoms with Crippen LogP contribution < -0.4 is 5.73 Å². The molecule has 6 aromatic rings. The molecule has 2 bridgehead atoms. The van der Waals surface area contributed by atoms with Crippen molar-refractivity contribution in [3.63, 3.8) is 0 Å². The molecule has 3 N–H and O–H groups in total. The van der Waals surface area contributed by atoms with Crippen LogP contribution in [0.15, 0.2) is 132 Å². The molecule has 0 atom stereocenters. The number of para-hydroxylation sites is 3. The van der Waals surface area contributed by atoms with Gasteiger partial charge in [0.25, 0.3) is 0 Å². The van der Waals surface area contributed by atoms with E-state index >= 15 is 0 Å². The summed E-state index contributed by atoms with van der Waals surface area (Å²) in [5.74, 6) is 0.370. The maximum atomic E-state index is 9.76. The number of fused-ring (bicyclic) bond motifs is 10. The second kappa shape index (κ2) is 9.53. The van der Waals surface area contributed by atoms with Gasteiger partial charge in [0, 0.05) is 43.9 Å². The highest BCUT2D eigenvalue weighted by Gasteiger charge is 2.21. The Kier molecular flexibility index (Phi) is 5.79. The standard InChI is InChI=1S/C37H32N4/c1-23-13-5-4-6-15-27(23)36(24(2)38)37(39)41-34-20-12-9-17-29(34)31-22-30-25(3)40(33-19-11-8-16-28(30)33)32-18-10-7-14-26(32)21-35(31)41/h5-22,39H,4,38H2,1-3H3/b31-22?,35-21?,36-24-,39-37?. The van der Waals surface area contributed by atoms with Crippen LogP contribution in [0.2, 0.25) is 0 Å². The summed E-state index contributed by atoms with van der Waals surface area (Å²) >= 11 is 0. The average Bonchev–Trinajstić information content (AvgIpc) is 3.34. The molecule has 1 aliphatic carbocycles. The zero-order valence-corrected chi connectivity index (χ0v) is 23.6. The van der Waals surface area contributed by atoms with E-state index in [-0.39, 0.29) is 0 Å². The van der Waals surface area contributed by atoms with E-state index in [1.165, 1.54) is 22.0 Å². The largest absolute Gasteiger partial charge is 0.402 e. The van der Waals surface area contributed by atoms with Crippen molar-refractivity contribution in [3.05, 3.63) is 137 Å². The van der Waals surface area contributed by atoms with Gasteiger partial charge in [0.15, 0.2) is 0 Å². The van der Waals surface area contributed by atoms with Gasteiger partial charge < -0.3 is 10.1 Å². The topological polar surface area (TPSA) is 59.2 Å². The Labute approximate surface area is 239 Å². The van der Waals surface area contributed by atoms with Crippen LogP contribution in [-0.4, -0.2) is 14.8 Å². The minimum absolute atomic E-state index is 0.370. The van der Waals surface area contributed by atoms with Crippen LogP contribution in [0, 0.1) is 12.3 Å². The Morgan fingerprint density at radius 3 is 2.10 bits per heavy atom. The Morgan fingerprint density at radius 2 is 1.34 bits per heavy atom. The van der Waals surface area contributed by atoms with Crippen molar-refractivity contribution in [2.75, 3.05) is 0 Å². The fourth-order valence-electron chi connectivity index (χ4n) is 6.46. The first-order valence-electron chi connectivity index (χ1n) is 14.1. The van der Waals surface area contributed by atoms with Gasteiger partial charge in [-0.3, -0.25) is 9.98 Å². The molecule has 0 amide bonds. The minimum atomic E-state index is 0.370. The molecular weight excluding hydrogens is 500 g/mol. The van der Waals surface area contributed by atoms with E-state index < -0.39 is 0 Å². The Hall–Kier alpha value is -5.09. The molecule has 200 valence electrons. The molecule has 0 aliphatic heterocycles. The molecule has 0 saturated carbocycles. The second-order valence-corrected chi connectivity index (χ2v) is 10.9. The van der Waals surface area contributed by atoms with Crippen molar-refractivity contribution >= 4 is 54.8 Å². The molecule has 3 aromatic heterocycles. The van der Waals surface area contributed by atoms with Crippen molar-refractivity contribution < 1.29 is 0 Å². The van der Waals surface area contributed by atoms with Crippen LogP contribution in [0.5, 0.6) is 0 Å². The van der Waals surface area contributed by atoms with E-state index in [9.17, 15) is 5.41 Å². The summed E-state index contributed by atoms with van der Waals surface area (Å²) < 4.78 is 4.45. The molecule has 0 unspecified atom stereocenters. The van der Waals surface area contributed by atoms with Gasteiger partial charge in [-0.25, -0.2) is 0 Å². The Bertz CT molecular complexity index is 2220. The number of nitrogens with zero attached hydrogens (tertiary/aromatic N) is 2. The predicted molar refractivity (Wildman–Crippen MR) is 175 cm³/mol. The molecule has 0 radical (unpaired) electrons. The average molecular weight is 533 g/mol. The molecule has 3 aromatic carbocycles. The third kappa shape index (κ3) is 3.79. The SMILES string of the molecule is CC1=C(/C(C(=N)n2c3ccccc3c3cc4c(C)n(c5ccccc5cc32)c2ccccc42)=C(\C)N)C=CCC=C1. The van der Waals surface area contributed by atoms with Crippen LogP contribution in [0.25, 0.3) is 49.0 Å². The van der Waals surface area contributed by atoms with Crippen molar-refractivity contribution in [1.29, 1.82) is 5.41 Å². The number of aryl methyl sites for hydroxylation is 1. The number of nitrogens with one attached hydrogen (secondary N) is 1. The number of benzene rings is 3. The first kappa shape index (κ1) is 24.9. The fraction of sp³-hybridized carbons (Fsp3) is 0.108. The number of rotatable bonds is 2. The van der Waals surface area contributed by atoms with Gasteiger partial charge in [-0.1, -0.05) is 78.9 Å². The zero-order valence-electron chi connectivity index (χ0n) is 23.6. The summed E-state index contributed by atoms with van der Waals surface area (Å²) in [4.78, 5) is 0. The van der Waals surface area contributed by atoms with Crippen molar-refractivity contribution in [3.8, 4) is 0 Å². The molecule has 1 aliphatic rings. The second-order valence-electron chi connectivity index (χ2n) is 10.9. The van der Waals surface area contributed by atoms with Crippen molar-refractivity contribution in [1.82, 2.24) is 8.97 Å². The maximum Gasteiger partial charge on any atom is 0.139 e. The molecule has 0 saturated heterocycles. The first-order chi connectivity index (χ1) is 20.0. The third-order valence-electron chi connectivity index (χ3n) is 8.34.